The topological polar surface area (TPSA) is 157 Å². The summed E-state index contributed by atoms with van der Waals surface area (Å²) in [5, 5.41) is 5.39. The first-order chi connectivity index (χ1) is 22.4. The highest BCUT2D eigenvalue weighted by Crippen LogP contribution is 2.26. The third-order valence-electron chi connectivity index (χ3n) is 7.14. The summed E-state index contributed by atoms with van der Waals surface area (Å²) in [6.07, 6.45) is 1.90. The number of nitrogens with zero attached hydrogens (tertiary/aromatic N) is 1. The van der Waals surface area contributed by atoms with Gasteiger partial charge in [0, 0.05) is 13.0 Å². The van der Waals surface area contributed by atoms with Gasteiger partial charge in [-0.3, -0.25) is 14.4 Å². The number of unbranched alkanes of at least 4 members (excludes halogenated alkanes) is 3. The van der Waals surface area contributed by atoms with Crippen LogP contribution in [-0.4, -0.2) is 64.5 Å². The molecule has 0 saturated heterocycles. The van der Waals surface area contributed by atoms with E-state index in [1.54, 1.807) is 59.7 Å². The van der Waals surface area contributed by atoms with Crippen LogP contribution >= 0.6 is 0 Å². The minimum atomic E-state index is -1.41. The van der Waals surface area contributed by atoms with Crippen molar-refractivity contribution in [3.63, 3.8) is 0 Å². The number of nitrogens with one attached hydrogen (secondary N) is 2. The Balaban J connectivity index is 2.64. The molecule has 11 nitrogen and oxygen atoms in total. The predicted octanol–water partition coefficient (Wildman–Crippen LogP) is 5.28. The van der Waals surface area contributed by atoms with Crippen LogP contribution in [0.1, 0.15) is 103 Å². The number of carbonyl (C=O) groups excluding carboxylic acids is 5. The Morgan fingerprint density at radius 2 is 1.46 bits per heavy atom. The first-order valence-corrected chi connectivity index (χ1v) is 16.6. The summed E-state index contributed by atoms with van der Waals surface area (Å²) in [5.74, 6) is -2.75. The molecule has 48 heavy (non-hydrogen) atoms. The molecule has 2 aromatic carbocycles. The second kappa shape index (κ2) is 18.2. The molecule has 0 aromatic heterocycles. The van der Waals surface area contributed by atoms with Gasteiger partial charge in [0.1, 0.15) is 29.3 Å². The van der Waals surface area contributed by atoms with E-state index in [0.29, 0.717) is 12.0 Å². The minimum absolute atomic E-state index is 0.131. The molecule has 0 aliphatic carbocycles. The highest BCUT2D eigenvalue weighted by molar-refractivity contribution is 5.95. The molecule has 2 rings (SSSR count). The Hall–Kier alpha value is -4.41. The maximum atomic E-state index is 14.5. The van der Waals surface area contributed by atoms with Gasteiger partial charge in [0.2, 0.25) is 17.7 Å². The summed E-state index contributed by atoms with van der Waals surface area (Å²) in [5.41, 5.74) is 5.99. The van der Waals surface area contributed by atoms with Crippen molar-refractivity contribution in [2.45, 2.75) is 123 Å². The van der Waals surface area contributed by atoms with Gasteiger partial charge in [0.15, 0.2) is 0 Å². The Morgan fingerprint density at radius 3 is 2.02 bits per heavy atom. The number of nitrogens with two attached hydrogens (primary N) is 1. The largest absolute Gasteiger partial charge is 0.458 e. The zero-order valence-corrected chi connectivity index (χ0v) is 29.8. The number of rotatable bonds is 16. The lowest BCUT2D eigenvalue weighted by Gasteiger charge is -2.35. The zero-order valence-electron chi connectivity index (χ0n) is 29.8. The van der Waals surface area contributed by atoms with E-state index in [2.05, 4.69) is 17.6 Å². The molecule has 0 bridgehead atoms. The van der Waals surface area contributed by atoms with E-state index in [1.807, 2.05) is 43.3 Å². The van der Waals surface area contributed by atoms with Gasteiger partial charge in [0.25, 0.3) is 0 Å². The molecular weight excluding hydrogens is 612 g/mol. The van der Waals surface area contributed by atoms with Crippen LogP contribution in [0.15, 0.2) is 54.6 Å². The molecule has 0 fully saturated rings. The minimum Gasteiger partial charge on any atom is -0.458 e. The van der Waals surface area contributed by atoms with Gasteiger partial charge < -0.3 is 30.7 Å². The SMILES string of the molecule is CCCCCCN(C(=O)C(CC(N)=O)NC(=O)OC(C)(C)C)C(C(=O)NC(Cc1ccccc1)C(=O)OC(C)(C)C)c1cccc(C)c1. The van der Waals surface area contributed by atoms with Crippen LogP contribution in [0.4, 0.5) is 4.79 Å². The molecule has 0 spiro atoms. The molecule has 4 N–H and O–H groups in total. The van der Waals surface area contributed by atoms with Crippen molar-refractivity contribution < 1.29 is 33.4 Å². The van der Waals surface area contributed by atoms with Crippen LogP contribution in [0.3, 0.4) is 0 Å². The molecule has 4 amide bonds. The normalized spacial score (nSPS) is 13.4. The van der Waals surface area contributed by atoms with Gasteiger partial charge in [-0.25, -0.2) is 9.59 Å². The van der Waals surface area contributed by atoms with Gasteiger partial charge >= 0.3 is 12.1 Å². The van der Waals surface area contributed by atoms with Crippen molar-refractivity contribution in [1.29, 1.82) is 0 Å². The molecule has 0 heterocycles. The van der Waals surface area contributed by atoms with Gasteiger partial charge in [0.05, 0.1) is 6.42 Å². The molecule has 0 aliphatic rings. The third kappa shape index (κ3) is 14.1. The smallest absolute Gasteiger partial charge is 0.408 e. The average Bonchev–Trinajstić information content (AvgIpc) is 2.96. The summed E-state index contributed by atoms with van der Waals surface area (Å²) in [4.78, 5) is 68.8. The third-order valence-corrected chi connectivity index (χ3v) is 7.14. The Labute approximate surface area is 285 Å². The molecule has 0 saturated carbocycles. The standard InChI is InChI=1S/C37H54N4O7/c1-9-10-11-15-21-41(33(44)28(24-30(38)42)40-35(46)48-37(6,7)8)31(27-20-16-17-25(2)22-27)32(43)39-29(34(45)47-36(3,4)5)23-26-18-13-12-14-19-26/h12-14,16-20,22,28-29,31H,9-11,15,21,23-24H2,1-8H3,(H2,38,42)(H,39,43)(H,40,46). The number of alkyl carbamates (subject to hydrolysis) is 1. The first kappa shape index (κ1) is 39.8. The molecule has 264 valence electrons. The van der Waals surface area contributed by atoms with Crippen LogP contribution < -0.4 is 16.4 Å². The van der Waals surface area contributed by atoms with Crippen LogP contribution in [0.5, 0.6) is 0 Å². The number of hydrogen-bond acceptors (Lipinski definition) is 7. The van der Waals surface area contributed by atoms with Crippen molar-refractivity contribution in [2.75, 3.05) is 6.54 Å². The van der Waals surface area contributed by atoms with E-state index in [0.717, 1.165) is 30.4 Å². The Morgan fingerprint density at radius 1 is 0.812 bits per heavy atom. The number of aryl methyl sites for hydroxylation is 1. The lowest BCUT2D eigenvalue weighted by molar-refractivity contribution is -0.159. The second-order valence-corrected chi connectivity index (χ2v) is 14.1. The van der Waals surface area contributed by atoms with Gasteiger partial charge in [-0.2, -0.15) is 0 Å². The molecule has 0 aliphatic heterocycles. The van der Waals surface area contributed by atoms with Gasteiger partial charge in [-0.05, 0) is 66.0 Å². The molecule has 0 radical (unpaired) electrons. The summed E-state index contributed by atoms with van der Waals surface area (Å²) < 4.78 is 11.1. The number of primary amides is 1. The monoisotopic (exact) mass is 666 g/mol. The highest BCUT2D eigenvalue weighted by atomic mass is 16.6. The van der Waals surface area contributed by atoms with E-state index >= 15 is 0 Å². The van der Waals surface area contributed by atoms with Crippen LogP contribution in [0.25, 0.3) is 0 Å². The maximum absolute atomic E-state index is 14.5. The van der Waals surface area contributed by atoms with Crippen LogP contribution in [0.2, 0.25) is 0 Å². The van der Waals surface area contributed by atoms with Crippen molar-refractivity contribution in [3.8, 4) is 0 Å². The van der Waals surface area contributed by atoms with E-state index < -0.39 is 65.5 Å². The average molecular weight is 667 g/mol. The summed E-state index contributed by atoms with van der Waals surface area (Å²) >= 11 is 0. The van der Waals surface area contributed by atoms with E-state index in [4.69, 9.17) is 15.2 Å². The number of carbonyl (C=O) groups is 5. The first-order valence-electron chi connectivity index (χ1n) is 16.6. The number of benzene rings is 2. The molecule has 3 atom stereocenters. The van der Waals surface area contributed by atoms with Crippen molar-refractivity contribution >= 4 is 29.8 Å². The fourth-order valence-electron chi connectivity index (χ4n) is 5.11. The number of hydrogen-bond donors (Lipinski definition) is 3. The lowest BCUT2D eigenvalue weighted by atomic mass is 9.98. The van der Waals surface area contributed by atoms with E-state index in [-0.39, 0.29) is 13.0 Å². The second-order valence-electron chi connectivity index (χ2n) is 14.1. The fourth-order valence-corrected chi connectivity index (χ4v) is 5.11. The van der Waals surface area contributed by atoms with Gasteiger partial charge in [-0.15, -0.1) is 0 Å². The van der Waals surface area contributed by atoms with Crippen molar-refractivity contribution in [1.82, 2.24) is 15.5 Å². The summed E-state index contributed by atoms with van der Waals surface area (Å²) in [6, 6.07) is 12.7. The van der Waals surface area contributed by atoms with Crippen molar-refractivity contribution in [3.05, 3.63) is 71.3 Å². The van der Waals surface area contributed by atoms with Gasteiger partial charge in [-0.1, -0.05) is 86.3 Å². The van der Waals surface area contributed by atoms with E-state index in [1.165, 1.54) is 4.90 Å². The zero-order chi connectivity index (χ0) is 36.1. The molecule has 3 unspecified atom stereocenters. The maximum Gasteiger partial charge on any atom is 0.408 e. The van der Waals surface area contributed by atoms with E-state index in [9.17, 15) is 24.0 Å². The summed E-state index contributed by atoms with van der Waals surface area (Å²) in [6.45, 7) is 14.3. The molecular formula is C37H54N4O7. The molecule has 2 aromatic rings. The Kier molecular flexibility index (Phi) is 15.1. The van der Waals surface area contributed by atoms with Crippen molar-refractivity contribution in [2.24, 2.45) is 5.73 Å². The highest BCUT2D eigenvalue weighted by Gasteiger charge is 2.38. The number of ether oxygens (including phenoxy) is 2. The quantitative estimate of drug-likeness (QED) is 0.162. The number of esters is 1. The fraction of sp³-hybridized carbons (Fsp3) is 0.541. The lowest BCUT2D eigenvalue weighted by Crippen LogP contribution is -2.55. The van der Waals surface area contributed by atoms with Crippen LogP contribution in [0, 0.1) is 6.92 Å². The Bertz CT molecular complexity index is 1380. The predicted molar refractivity (Wildman–Crippen MR) is 185 cm³/mol. The summed E-state index contributed by atoms with van der Waals surface area (Å²) in [7, 11) is 0. The number of amides is 4. The molecule has 11 heteroatoms. The van der Waals surface area contributed by atoms with Crippen LogP contribution in [-0.2, 0) is 35.1 Å².